The first-order valence-corrected chi connectivity index (χ1v) is 14.3. The van der Waals surface area contributed by atoms with Gasteiger partial charge in [-0.1, -0.05) is 93.3 Å². The number of halogens is 4. The standard InChI is InChI=1S/C35H38F4/c1-3-5-7-8-9-11-28-20-21-29(33(37)32(28)36)26-16-18-27(19-17-26)31-23-22-30(34(38)35(31)39)25-14-12-24(13-15-25)10-6-4-2/h4,14,16-24H,2-3,5-13,15H2,1H3. The average Bonchev–Trinajstić information content (AvgIpc) is 2.96. The predicted molar refractivity (Wildman–Crippen MR) is 154 cm³/mol. The highest BCUT2D eigenvalue weighted by molar-refractivity contribution is 5.74. The maximum atomic E-state index is 15.2. The minimum absolute atomic E-state index is 0.146. The van der Waals surface area contributed by atoms with Gasteiger partial charge in [0.25, 0.3) is 0 Å². The van der Waals surface area contributed by atoms with E-state index in [0.717, 1.165) is 69.8 Å². The van der Waals surface area contributed by atoms with Crippen molar-refractivity contribution in [2.24, 2.45) is 5.92 Å². The van der Waals surface area contributed by atoms with Crippen LogP contribution in [0.4, 0.5) is 17.6 Å². The van der Waals surface area contributed by atoms with Crippen molar-refractivity contribution in [3.8, 4) is 22.3 Å². The molecule has 1 aliphatic rings. The molecular weight excluding hydrogens is 496 g/mol. The monoisotopic (exact) mass is 534 g/mol. The van der Waals surface area contributed by atoms with Gasteiger partial charge in [0.05, 0.1) is 0 Å². The Morgan fingerprint density at radius 3 is 1.95 bits per heavy atom. The van der Waals surface area contributed by atoms with Gasteiger partial charge in [-0.05, 0) is 73.1 Å². The number of rotatable bonds is 12. The second-order valence-corrected chi connectivity index (χ2v) is 10.7. The van der Waals surface area contributed by atoms with Crippen LogP contribution in [-0.4, -0.2) is 0 Å². The second-order valence-electron chi connectivity index (χ2n) is 10.7. The number of unbranched alkanes of at least 4 members (excludes halogenated alkanes) is 4. The SMILES string of the molecule is C=CCCC1CC=C(c2ccc(-c3ccc(-c4ccc(CCCCCCC)c(F)c4F)cc3)c(F)c2F)CC1. The van der Waals surface area contributed by atoms with Gasteiger partial charge in [-0.25, -0.2) is 17.6 Å². The van der Waals surface area contributed by atoms with Crippen molar-refractivity contribution in [3.63, 3.8) is 0 Å². The molecule has 1 atom stereocenters. The molecule has 0 saturated heterocycles. The molecule has 1 unspecified atom stereocenters. The Morgan fingerprint density at radius 2 is 1.33 bits per heavy atom. The topological polar surface area (TPSA) is 0 Å². The third-order valence-corrected chi connectivity index (χ3v) is 7.95. The Labute approximate surface area is 230 Å². The third-order valence-electron chi connectivity index (χ3n) is 7.95. The molecule has 0 radical (unpaired) electrons. The molecule has 4 heteroatoms. The Kier molecular flexibility index (Phi) is 10.2. The lowest BCUT2D eigenvalue weighted by Gasteiger charge is -2.22. The van der Waals surface area contributed by atoms with E-state index in [1.54, 1.807) is 48.5 Å². The fraction of sp³-hybridized carbons (Fsp3) is 0.371. The second kappa shape index (κ2) is 13.8. The Bertz CT molecular complexity index is 1300. The summed E-state index contributed by atoms with van der Waals surface area (Å²) in [6, 6.07) is 13.0. The van der Waals surface area contributed by atoms with E-state index in [4.69, 9.17) is 0 Å². The largest absolute Gasteiger partial charge is 0.203 e. The van der Waals surface area contributed by atoms with Crippen molar-refractivity contribution < 1.29 is 17.6 Å². The van der Waals surface area contributed by atoms with Crippen molar-refractivity contribution in [3.05, 3.63) is 102 Å². The summed E-state index contributed by atoms with van der Waals surface area (Å²) in [6.45, 7) is 5.91. The first-order valence-electron chi connectivity index (χ1n) is 14.3. The molecule has 1 aliphatic carbocycles. The summed E-state index contributed by atoms with van der Waals surface area (Å²) in [6.07, 6.45) is 14.3. The van der Waals surface area contributed by atoms with Crippen LogP contribution in [0, 0.1) is 29.2 Å². The van der Waals surface area contributed by atoms with Gasteiger partial charge < -0.3 is 0 Å². The van der Waals surface area contributed by atoms with Gasteiger partial charge in [-0.3, -0.25) is 0 Å². The molecule has 3 aromatic carbocycles. The fourth-order valence-corrected chi connectivity index (χ4v) is 5.52. The lowest BCUT2D eigenvalue weighted by atomic mass is 9.83. The van der Waals surface area contributed by atoms with E-state index in [9.17, 15) is 8.78 Å². The molecule has 206 valence electrons. The van der Waals surface area contributed by atoms with Crippen LogP contribution in [0.25, 0.3) is 27.8 Å². The number of hydrogen-bond donors (Lipinski definition) is 0. The molecule has 0 fully saturated rings. The van der Waals surface area contributed by atoms with Gasteiger partial charge in [-0.2, -0.15) is 0 Å². The molecule has 3 aromatic rings. The molecule has 39 heavy (non-hydrogen) atoms. The van der Waals surface area contributed by atoms with E-state index >= 15 is 8.78 Å². The zero-order valence-corrected chi connectivity index (χ0v) is 22.8. The summed E-state index contributed by atoms with van der Waals surface area (Å²) in [4.78, 5) is 0. The van der Waals surface area contributed by atoms with Crippen LogP contribution in [0.1, 0.15) is 82.3 Å². The molecule has 0 amide bonds. The predicted octanol–water partition coefficient (Wildman–Crippen LogP) is 11.2. The molecule has 4 rings (SSSR count). The molecule has 0 bridgehead atoms. The van der Waals surface area contributed by atoms with Crippen molar-refractivity contribution in [2.75, 3.05) is 0 Å². The fourth-order valence-electron chi connectivity index (χ4n) is 5.52. The van der Waals surface area contributed by atoms with Gasteiger partial charge in [0, 0.05) is 16.7 Å². The molecule has 0 heterocycles. The van der Waals surface area contributed by atoms with Crippen molar-refractivity contribution in [2.45, 2.75) is 77.6 Å². The lowest BCUT2D eigenvalue weighted by molar-refractivity contribution is 0.452. The smallest absolute Gasteiger partial charge is 0.167 e. The van der Waals surface area contributed by atoms with E-state index in [0.29, 0.717) is 34.6 Å². The molecule has 0 N–H and O–H groups in total. The van der Waals surface area contributed by atoms with Crippen LogP contribution in [0.15, 0.2) is 67.3 Å². The van der Waals surface area contributed by atoms with E-state index in [1.807, 2.05) is 12.2 Å². The van der Waals surface area contributed by atoms with Crippen LogP contribution < -0.4 is 0 Å². The maximum Gasteiger partial charge on any atom is 0.167 e. The van der Waals surface area contributed by atoms with Crippen LogP contribution in [-0.2, 0) is 6.42 Å². The first-order chi connectivity index (χ1) is 18.9. The van der Waals surface area contributed by atoms with Crippen LogP contribution in [0.3, 0.4) is 0 Å². The summed E-state index contributed by atoms with van der Waals surface area (Å²) >= 11 is 0. The van der Waals surface area contributed by atoms with E-state index in [2.05, 4.69) is 13.5 Å². The van der Waals surface area contributed by atoms with Crippen molar-refractivity contribution in [1.82, 2.24) is 0 Å². The average molecular weight is 535 g/mol. The summed E-state index contributed by atoms with van der Waals surface area (Å²) < 4.78 is 60.0. The molecule has 0 saturated carbocycles. The third kappa shape index (κ3) is 6.90. The summed E-state index contributed by atoms with van der Waals surface area (Å²) in [5.74, 6) is -2.86. The minimum atomic E-state index is -0.893. The zero-order chi connectivity index (χ0) is 27.8. The van der Waals surface area contributed by atoms with Gasteiger partial charge >= 0.3 is 0 Å². The summed E-state index contributed by atoms with van der Waals surface area (Å²) in [5, 5.41) is 0. The first kappa shape index (κ1) is 28.9. The molecule has 0 nitrogen and oxygen atoms in total. The van der Waals surface area contributed by atoms with Gasteiger partial charge in [0.1, 0.15) is 0 Å². The number of aryl methyl sites for hydroxylation is 1. The lowest BCUT2D eigenvalue weighted by Crippen LogP contribution is -2.07. The number of benzene rings is 3. The Hall–Kier alpha value is -3.14. The van der Waals surface area contributed by atoms with E-state index in [-0.39, 0.29) is 11.1 Å². The van der Waals surface area contributed by atoms with Gasteiger partial charge in [0.15, 0.2) is 23.3 Å². The van der Waals surface area contributed by atoms with Crippen LogP contribution in [0.2, 0.25) is 0 Å². The maximum absolute atomic E-state index is 15.2. The van der Waals surface area contributed by atoms with Gasteiger partial charge in [-0.15, -0.1) is 6.58 Å². The Morgan fingerprint density at radius 1 is 0.744 bits per heavy atom. The highest BCUT2D eigenvalue weighted by Gasteiger charge is 2.21. The van der Waals surface area contributed by atoms with Crippen LogP contribution in [0.5, 0.6) is 0 Å². The van der Waals surface area contributed by atoms with Crippen LogP contribution >= 0.6 is 0 Å². The molecular formula is C35H38F4. The quantitative estimate of drug-likeness (QED) is 0.123. The highest BCUT2D eigenvalue weighted by Crippen LogP contribution is 2.37. The van der Waals surface area contributed by atoms with E-state index < -0.39 is 23.3 Å². The summed E-state index contributed by atoms with van der Waals surface area (Å²) in [7, 11) is 0. The number of allylic oxidation sites excluding steroid dienone is 3. The minimum Gasteiger partial charge on any atom is -0.203 e. The summed E-state index contributed by atoms with van der Waals surface area (Å²) in [5.41, 5.74) is 2.83. The molecule has 0 aromatic heterocycles. The molecule has 0 spiro atoms. The van der Waals surface area contributed by atoms with Gasteiger partial charge in [0.2, 0.25) is 0 Å². The molecule has 0 aliphatic heterocycles. The van der Waals surface area contributed by atoms with Crippen molar-refractivity contribution in [1.29, 1.82) is 0 Å². The normalized spacial score (nSPS) is 15.3. The zero-order valence-electron chi connectivity index (χ0n) is 22.8. The van der Waals surface area contributed by atoms with Crippen molar-refractivity contribution >= 4 is 5.57 Å². The highest BCUT2D eigenvalue weighted by atomic mass is 19.2. The number of hydrogen-bond acceptors (Lipinski definition) is 0. The van der Waals surface area contributed by atoms with E-state index in [1.165, 1.54) is 0 Å². The Balaban J connectivity index is 1.48.